The molecule has 16 heavy (non-hydrogen) atoms. The molecule has 0 fully saturated rings. The molecule has 2 nitrogen and oxygen atoms in total. The van der Waals surface area contributed by atoms with Crippen molar-refractivity contribution in [3.63, 3.8) is 0 Å². The quantitative estimate of drug-likeness (QED) is 0.369. The van der Waals surface area contributed by atoms with Crippen molar-refractivity contribution in [2.24, 2.45) is 0 Å². The van der Waals surface area contributed by atoms with Crippen LogP contribution in [0.5, 0.6) is 0 Å². The van der Waals surface area contributed by atoms with Crippen LogP contribution in [-0.2, 0) is 9.53 Å². The standard InChI is InChI=1S/C10H12F4O2/c1-2-3-4-5-8(15)6-16-7-10(13,14)9(11)12/h1,9H,3-7H2. The summed E-state index contributed by atoms with van der Waals surface area (Å²) >= 11 is 0. The van der Waals surface area contributed by atoms with Crippen molar-refractivity contribution in [2.45, 2.75) is 31.6 Å². The summed E-state index contributed by atoms with van der Waals surface area (Å²) in [4.78, 5) is 10.9. The zero-order valence-electron chi connectivity index (χ0n) is 8.52. The molecule has 0 spiro atoms. The minimum Gasteiger partial charge on any atom is -0.367 e. The zero-order valence-corrected chi connectivity index (χ0v) is 8.52. The van der Waals surface area contributed by atoms with Crippen molar-refractivity contribution in [3.05, 3.63) is 0 Å². The monoisotopic (exact) mass is 240 g/mol. The van der Waals surface area contributed by atoms with E-state index in [2.05, 4.69) is 10.7 Å². The SMILES string of the molecule is C#CCCCC(=O)COCC(F)(F)C(F)F. The van der Waals surface area contributed by atoms with Crippen molar-refractivity contribution >= 4 is 5.78 Å². The van der Waals surface area contributed by atoms with E-state index in [-0.39, 0.29) is 6.42 Å². The first kappa shape index (κ1) is 14.9. The number of carbonyl (C=O) groups excluding carboxylic acids is 1. The molecule has 0 aromatic heterocycles. The Morgan fingerprint density at radius 3 is 2.56 bits per heavy atom. The number of ketones is 1. The van der Waals surface area contributed by atoms with Gasteiger partial charge < -0.3 is 4.74 Å². The summed E-state index contributed by atoms with van der Waals surface area (Å²) in [5, 5.41) is 0. The molecule has 0 rings (SSSR count). The number of carbonyl (C=O) groups is 1. The summed E-state index contributed by atoms with van der Waals surface area (Å²) in [6.07, 6.45) is 2.08. The maximum absolute atomic E-state index is 12.3. The predicted molar refractivity (Wildman–Crippen MR) is 49.5 cm³/mol. The first-order valence-corrected chi connectivity index (χ1v) is 4.59. The van der Waals surface area contributed by atoms with Gasteiger partial charge in [-0.15, -0.1) is 12.3 Å². The lowest BCUT2D eigenvalue weighted by Crippen LogP contribution is -2.33. The third kappa shape index (κ3) is 6.40. The van der Waals surface area contributed by atoms with Crippen LogP contribution in [0.2, 0.25) is 0 Å². The highest BCUT2D eigenvalue weighted by molar-refractivity contribution is 5.79. The van der Waals surface area contributed by atoms with Gasteiger partial charge in [-0.2, -0.15) is 8.78 Å². The van der Waals surface area contributed by atoms with Crippen LogP contribution in [-0.4, -0.2) is 31.3 Å². The normalized spacial score (nSPS) is 11.5. The van der Waals surface area contributed by atoms with Crippen LogP contribution >= 0.6 is 0 Å². The Morgan fingerprint density at radius 2 is 2.06 bits per heavy atom. The summed E-state index contributed by atoms with van der Waals surface area (Å²) in [6.45, 7) is -2.04. The lowest BCUT2D eigenvalue weighted by atomic mass is 10.2. The minimum atomic E-state index is -4.21. The maximum atomic E-state index is 12.3. The van der Waals surface area contributed by atoms with Crippen molar-refractivity contribution < 1.29 is 27.1 Å². The molecule has 0 saturated heterocycles. The van der Waals surface area contributed by atoms with E-state index in [0.717, 1.165) is 0 Å². The minimum absolute atomic E-state index is 0.102. The van der Waals surface area contributed by atoms with Gasteiger partial charge >= 0.3 is 12.3 Å². The molecule has 0 saturated carbocycles. The number of Topliss-reactive ketones (excluding diaryl/α,β-unsaturated/α-hetero) is 1. The van der Waals surface area contributed by atoms with Gasteiger partial charge in [-0.05, 0) is 6.42 Å². The highest BCUT2D eigenvalue weighted by atomic mass is 19.3. The summed E-state index contributed by atoms with van der Waals surface area (Å²) in [5.74, 6) is -2.33. The van der Waals surface area contributed by atoms with Crippen molar-refractivity contribution in [1.82, 2.24) is 0 Å². The molecule has 0 radical (unpaired) electrons. The lowest BCUT2D eigenvalue weighted by Gasteiger charge is -2.14. The lowest BCUT2D eigenvalue weighted by molar-refractivity contribution is -0.168. The number of terminal acetylenes is 1. The summed E-state index contributed by atoms with van der Waals surface area (Å²) in [5.41, 5.74) is 0. The molecule has 92 valence electrons. The fourth-order valence-corrected chi connectivity index (χ4v) is 0.824. The number of halogens is 4. The Hall–Kier alpha value is -1.09. The van der Waals surface area contributed by atoms with Gasteiger partial charge in [0.15, 0.2) is 5.78 Å². The van der Waals surface area contributed by atoms with Gasteiger partial charge in [-0.25, -0.2) is 8.78 Å². The number of hydrogen-bond acceptors (Lipinski definition) is 2. The van der Waals surface area contributed by atoms with E-state index < -0.39 is 31.3 Å². The summed E-state index contributed by atoms with van der Waals surface area (Å²) in [7, 11) is 0. The predicted octanol–water partition coefficient (Wildman–Crippen LogP) is 2.28. The number of ether oxygens (including phenoxy) is 1. The molecule has 0 aromatic rings. The van der Waals surface area contributed by atoms with Crippen LogP contribution in [0.1, 0.15) is 19.3 Å². The van der Waals surface area contributed by atoms with E-state index in [4.69, 9.17) is 6.42 Å². The molecule has 0 unspecified atom stereocenters. The fraction of sp³-hybridized carbons (Fsp3) is 0.700. The molecular weight excluding hydrogens is 228 g/mol. The van der Waals surface area contributed by atoms with Gasteiger partial charge in [0.25, 0.3) is 0 Å². The van der Waals surface area contributed by atoms with E-state index in [1.807, 2.05) is 0 Å². The van der Waals surface area contributed by atoms with E-state index in [0.29, 0.717) is 12.8 Å². The van der Waals surface area contributed by atoms with Crippen LogP contribution in [0.15, 0.2) is 0 Å². The largest absolute Gasteiger partial charge is 0.367 e. The topological polar surface area (TPSA) is 26.3 Å². The van der Waals surface area contributed by atoms with Crippen molar-refractivity contribution in [1.29, 1.82) is 0 Å². The Morgan fingerprint density at radius 1 is 1.44 bits per heavy atom. The molecular formula is C10H12F4O2. The van der Waals surface area contributed by atoms with Crippen LogP contribution in [0.3, 0.4) is 0 Å². The highest BCUT2D eigenvalue weighted by Crippen LogP contribution is 2.22. The second kappa shape index (κ2) is 7.23. The second-order valence-electron chi connectivity index (χ2n) is 3.15. The maximum Gasteiger partial charge on any atom is 0.330 e. The average molecular weight is 240 g/mol. The van der Waals surface area contributed by atoms with E-state index in [9.17, 15) is 22.4 Å². The van der Waals surface area contributed by atoms with Crippen LogP contribution in [0, 0.1) is 12.3 Å². The third-order valence-corrected chi connectivity index (χ3v) is 1.65. The summed E-state index contributed by atoms with van der Waals surface area (Å²) in [6, 6.07) is 0. The first-order chi connectivity index (χ1) is 7.40. The molecule has 0 aliphatic heterocycles. The molecule has 0 aromatic carbocycles. The van der Waals surface area contributed by atoms with Crippen LogP contribution < -0.4 is 0 Å². The molecule has 0 atom stereocenters. The van der Waals surface area contributed by atoms with Crippen molar-refractivity contribution in [2.75, 3.05) is 13.2 Å². The average Bonchev–Trinajstić information content (AvgIpc) is 2.17. The van der Waals surface area contributed by atoms with Gasteiger partial charge in [0, 0.05) is 12.8 Å². The number of alkyl halides is 4. The zero-order chi connectivity index (χ0) is 12.6. The van der Waals surface area contributed by atoms with Crippen LogP contribution in [0.4, 0.5) is 17.6 Å². The van der Waals surface area contributed by atoms with Gasteiger partial charge in [0.1, 0.15) is 13.2 Å². The van der Waals surface area contributed by atoms with Gasteiger partial charge in [0.05, 0.1) is 0 Å². The molecule has 0 amide bonds. The van der Waals surface area contributed by atoms with Gasteiger partial charge in [-0.1, -0.05) is 0 Å². The highest BCUT2D eigenvalue weighted by Gasteiger charge is 2.41. The van der Waals surface area contributed by atoms with E-state index in [1.165, 1.54) is 0 Å². The van der Waals surface area contributed by atoms with Gasteiger partial charge in [-0.3, -0.25) is 4.79 Å². The third-order valence-electron chi connectivity index (χ3n) is 1.65. The number of hydrogen-bond donors (Lipinski definition) is 0. The second-order valence-corrected chi connectivity index (χ2v) is 3.15. The molecule has 0 N–H and O–H groups in total. The molecule has 0 bridgehead atoms. The van der Waals surface area contributed by atoms with Crippen molar-refractivity contribution in [3.8, 4) is 12.3 Å². The fourth-order valence-electron chi connectivity index (χ4n) is 0.824. The first-order valence-electron chi connectivity index (χ1n) is 4.59. The molecule has 0 aliphatic carbocycles. The Balaban J connectivity index is 3.66. The molecule has 0 aliphatic rings. The molecule has 6 heteroatoms. The van der Waals surface area contributed by atoms with E-state index in [1.54, 1.807) is 0 Å². The molecule has 0 heterocycles. The Labute approximate surface area is 91.0 Å². The van der Waals surface area contributed by atoms with Crippen LogP contribution in [0.25, 0.3) is 0 Å². The number of unbranched alkanes of at least 4 members (excludes halogenated alkanes) is 1. The van der Waals surface area contributed by atoms with E-state index >= 15 is 0 Å². The summed E-state index contributed by atoms with van der Waals surface area (Å²) < 4.78 is 52.1. The number of rotatable bonds is 8. The smallest absolute Gasteiger partial charge is 0.330 e. The van der Waals surface area contributed by atoms with Gasteiger partial charge in [0.2, 0.25) is 0 Å². The Bertz CT molecular complexity index is 258. The Kier molecular flexibility index (Phi) is 6.74.